The van der Waals surface area contributed by atoms with Crippen LogP contribution in [0.4, 0.5) is 13.2 Å². The fourth-order valence-corrected chi connectivity index (χ4v) is 3.54. The van der Waals surface area contributed by atoms with Crippen LogP contribution in [0, 0.1) is 0 Å². The van der Waals surface area contributed by atoms with Crippen LogP contribution in [0.3, 0.4) is 0 Å². The van der Waals surface area contributed by atoms with Gasteiger partial charge in [-0.1, -0.05) is 18.2 Å². The van der Waals surface area contributed by atoms with Crippen LogP contribution < -0.4 is 0 Å². The summed E-state index contributed by atoms with van der Waals surface area (Å²) in [7, 11) is 1.68. The highest BCUT2D eigenvalue weighted by molar-refractivity contribution is 6.06. The number of benzene rings is 1. The number of alkyl halides is 3. The van der Waals surface area contributed by atoms with Gasteiger partial charge in [-0.25, -0.2) is 9.78 Å². The molecule has 3 aromatic rings. The molecule has 11 heteroatoms. The molecule has 1 atom stereocenters. The van der Waals surface area contributed by atoms with Gasteiger partial charge in [0, 0.05) is 31.8 Å². The van der Waals surface area contributed by atoms with Crippen molar-refractivity contribution in [3.05, 3.63) is 59.8 Å². The summed E-state index contributed by atoms with van der Waals surface area (Å²) in [5, 5.41) is 8.01. The number of amides is 1. The zero-order valence-electron chi connectivity index (χ0n) is 17.3. The molecule has 2 aromatic heterocycles. The lowest BCUT2D eigenvalue weighted by molar-refractivity contribution is -0.192. The SMILES string of the molecule is COCc1cnc2n1CCN(C(=O)c1ccnc3ccccc13)C2C.O=C(O)C(F)(F)F. The third-order valence-electron chi connectivity index (χ3n) is 5.05. The first-order chi connectivity index (χ1) is 15.1. The van der Waals surface area contributed by atoms with Gasteiger partial charge in [-0.15, -0.1) is 0 Å². The van der Waals surface area contributed by atoms with Crippen molar-refractivity contribution >= 4 is 22.8 Å². The molecule has 0 radical (unpaired) electrons. The molecule has 170 valence electrons. The van der Waals surface area contributed by atoms with Crippen molar-refractivity contribution in [1.82, 2.24) is 19.4 Å². The number of carboxylic acid groups (broad SMARTS) is 1. The van der Waals surface area contributed by atoms with Crippen molar-refractivity contribution in [3.8, 4) is 0 Å². The van der Waals surface area contributed by atoms with Crippen molar-refractivity contribution in [2.45, 2.75) is 32.3 Å². The number of fused-ring (bicyclic) bond motifs is 2. The highest BCUT2D eigenvalue weighted by atomic mass is 19.4. The third-order valence-corrected chi connectivity index (χ3v) is 5.05. The zero-order valence-corrected chi connectivity index (χ0v) is 17.3. The van der Waals surface area contributed by atoms with E-state index in [-0.39, 0.29) is 11.9 Å². The molecule has 1 N–H and O–H groups in total. The van der Waals surface area contributed by atoms with E-state index in [1.165, 1.54) is 0 Å². The Hall–Kier alpha value is -3.47. The number of carbonyl (C=O) groups is 2. The molecule has 1 aliphatic rings. The lowest BCUT2D eigenvalue weighted by atomic mass is 10.1. The van der Waals surface area contributed by atoms with Gasteiger partial charge < -0.3 is 19.3 Å². The van der Waals surface area contributed by atoms with Crippen LogP contribution in [-0.4, -0.2) is 56.2 Å². The first-order valence-electron chi connectivity index (χ1n) is 9.63. The van der Waals surface area contributed by atoms with E-state index in [0.29, 0.717) is 18.7 Å². The highest BCUT2D eigenvalue weighted by Gasteiger charge is 2.38. The maximum Gasteiger partial charge on any atom is 0.490 e. The van der Waals surface area contributed by atoms with E-state index in [2.05, 4.69) is 14.5 Å². The molecule has 1 unspecified atom stereocenters. The Morgan fingerprint density at radius 2 is 1.88 bits per heavy atom. The van der Waals surface area contributed by atoms with Gasteiger partial charge in [0.2, 0.25) is 0 Å². The number of ether oxygens (including phenoxy) is 1. The Labute approximate surface area is 181 Å². The molecule has 0 saturated carbocycles. The van der Waals surface area contributed by atoms with Crippen molar-refractivity contribution < 1.29 is 32.6 Å². The first-order valence-corrected chi connectivity index (χ1v) is 9.63. The number of hydrogen-bond donors (Lipinski definition) is 1. The standard InChI is InChI=1S/C19H20N4O2.C2HF3O2/c1-13-18-21-11-14(12-25-2)23(18)10-9-22(13)19(24)16-7-8-20-17-6-4-3-5-15(16)17;3-2(4,5)1(6)7/h3-8,11,13H,9-10,12H2,1-2H3;(H,6,7). The summed E-state index contributed by atoms with van der Waals surface area (Å²) >= 11 is 0. The Balaban J connectivity index is 0.000000360. The quantitative estimate of drug-likeness (QED) is 0.657. The molecule has 1 aliphatic heterocycles. The largest absolute Gasteiger partial charge is 0.490 e. The molecular weight excluding hydrogens is 429 g/mol. The molecule has 8 nitrogen and oxygen atoms in total. The first kappa shape index (κ1) is 23.2. The summed E-state index contributed by atoms with van der Waals surface area (Å²) in [6.07, 6.45) is -1.55. The number of hydrogen-bond acceptors (Lipinski definition) is 5. The van der Waals surface area contributed by atoms with Gasteiger partial charge in [0.05, 0.1) is 35.6 Å². The normalized spacial score (nSPS) is 15.7. The molecule has 1 amide bonds. The molecule has 0 fully saturated rings. The van der Waals surface area contributed by atoms with Crippen LogP contribution in [0.1, 0.15) is 34.8 Å². The van der Waals surface area contributed by atoms with E-state index >= 15 is 0 Å². The van der Waals surface area contributed by atoms with E-state index in [0.717, 1.165) is 29.0 Å². The van der Waals surface area contributed by atoms with Crippen molar-refractivity contribution in [2.75, 3.05) is 13.7 Å². The van der Waals surface area contributed by atoms with Crippen molar-refractivity contribution in [2.24, 2.45) is 0 Å². The lowest BCUT2D eigenvalue weighted by Crippen LogP contribution is -2.41. The molecular formula is C21H21F3N4O4. The zero-order chi connectivity index (χ0) is 23.5. The van der Waals surface area contributed by atoms with Gasteiger partial charge in [-0.2, -0.15) is 13.2 Å². The number of carboxylic acids is 1. The minimum absolute atomic E-state index is 0.0219. The van der Waals surface area contributed by atoms with Gasteiger partial charge in [-0.05, 0) is 19.1 Å². The number of carbonyl (C=O) groups excluding carboxylic acids is 1. The van der Waals surface area contributed by atoms with Crippen LogP contribution in [0.5, 0.6) is 0 Å². The van der Waals surface area contributed by atoms with Gasteiger partial charge in [0.25, 0.3) is 5.91 Å². The topological polar surface area (TPSA) is 97.5 Å². The smallest absolute Gasteiger partial charge is 0.475 e. The highest BCUT2D eigenvalue weighted by Crippen LogP contribution is 2.28. The van der Waals surface area contributed by atoms with Crippen molar-refractivity contribution in [3.63, 3.8) is 0 Å². The Morgan fingerprint density at radius 1 is 1.19 bits per heavy atom. The Morgan fingerprint density at radius 3 is 2.53 bits per heavy atom. The third kappa shape index (κ3) is 4.72. The molecule has 0 bridgehead atoms. The number of nitrogens with zero attached hydrogens (tertiary/aromatic N) is 4. The molecule has 32 heavy (non-hydrogen) atoms. The number of aromatic nitrogens is 3. The summed E-state index contributed by atoms with van der Waals surface area (Å²) in [5.74, 6) is -1.83. The summed E-state index contributed by atoms with van der Waals surface area (Å²) < 4.78 is 39.1. The molecule has 0 spiro atoms. The Bertz CT molecular complexity index is 1120. The van der Waals surface area contributed by atoms with E-state index in [1.807, 2.05) is 42.3 Å². The molecule has 1 aromatic carbocycles. The molecule has 0 saturated heterocycles. The van der Waals surface area contributed by atoms with Gasteiger partial charge in [-0.3, -0.25) is 9.78 Å². The van der Waals surface area contributed by atoms with Crippen molar-refractivity contribution in [1.29, 1.82) is 0 Å². The summed E-state index contributed by atoms with van der Waals surface area (Å²) in [6.45, 7) is 3.93. The molecule has 4 rings (SSSR count). The Kier molecular flexibility index (Phi) is 6.78. The van der Waals surface area contributed by atoms with Crippen LogP contribution >= 0.6 is 0 Å². The molecule has 0 aliphatic carbocycles. The number of pyridine rings is 1. The number of rotatable bonds is 3. The second-order valence-electron chi connectivity index (χ2n) is 7.05. The second kappa shape index (κ2) is 9.35. The molecule has 3 heterocycles. The second-order valence-corrected chi connectivity index (χ2v) is 7.05. The van der Waals surface area contributed by atoms with Crippen LogP contribution in [-0.2, 0) is 22.7 Å². The van der Waals surface area contributed by atoms with Gasteiger partial charge >= 0.3 is 12.1 Å². The number of para-hydroxylation sites is 1. The monoisotopic (exact) mass is 450 g/mol. The fraction of sp³-hybridized carbons (Fsp3) is 0.333. The maximum atomic E-state index is 13.2. The van der Waals surface area contributed by atoms with E-state index in [1.54, 1.807) is 19.4 Å². The minimum Gasteiger partial charge on any atom is -0.475 e. The summed E-state index contributed by atoms with van der Waals surface area (Å²) in [6, 6.07) is 9.45. The van der Waals surface area contributed by atoms with Crippen LogP contribution in [0.2, 0.25) is 0 Å². The average molecular weight is 450 g/mol. The number of imidazole rings is 1. The van der Waals surface area contributed by atoms with E-state index in [4.69, 9.17) is 14.6 Å². The maximum absolute atomic E-state index is 13.2. The lowest BCUT2D eigenvalue weighted by Gasteiger charge is -2.34. The number of methoxy groups -OCH3 is 1. The number of halogens is 3. The van der Waals surface area contributed by atoms with Gasteiger partial charge in [0.1, 0.15) is 5.82 Å². The predicted molar refractivity (Wildman–Crippen MR) is 108 cm³/mol. The van der Waals surface area contributed by atoms with Crippen LogP contribution in [0.15, 0.2) is 42.7 Å². The van der Waals surface area contributed by atoms with Gasteiger partial charge in [0.15, 0.2) is 0 Å². The summed E-state index contributed by atoms with van der Waals surface area (Å²) in [4.78, 5) is 32.9. The number of aliphatic carboxylic acids is 1. The summed E-state index contributed by atoms with van der Waals surface area (Å²) in [5.41, 5.74) is 2.57. The fourth-order valence-electron chi connectivity index (χ4n) is 3.54. The predicted octanol–water partition coefficient (Wildman–Crippen LogP) is 3.43. The van der Waals surface area contributed by atoms with Crippen LogP contribution in [0.25, 0.3) is 10.9 Å². The average Bonchev–Trinajstić information content (AvgIpc) is 3.17. The van der Waals surface area contributed by atoms with E-state index < -0.39 is 12.1 Å². The minimum atomic E-state index is -5.08. The van der Waals surface area contributed by atoms with E-state index in [9.17, 15) is 18.0 Å².